The van der Waals surface area contributed by atoms with E-state index in [-0.39, 0.29) is 23.6 Å². The predicted molar refractivity (Wildman–Crippen MR) is 101 cm³/mol. The number of aromatic nitrogens is 2. The Morgan fingerprint density at radius 1 is 1.27 bits per heavy atom. The van der Waals surface area contributed by atoms with Gasteiger partial charge >= 0.3 is 0 Å². The van der Waals surface area contributed by atoms with Gasteiger partial charge in [0.25, 0.3) is 18.2 Å². The average Bonchev–Trinajstić information content (AvgIpc) is 3.15. The molecule has 8 nitrogen and oxygen atoms in total. The number of halogens is 3. The lowest BCUT2D eigenvalue weighted by atomic mass is 10.2. The Morgan fingerprint density at radius 2 is 1.93 bits per heavy atom. The van der Waals surface area contributed by atoms with Crippen LogP contribution in [-0.2, 0) is 9.53 Å². The summed E-state index contributed by atoms with van der Waals surface area (Å²) in [5.41, 5.74) is 4.74. The molecule has 1 saturated heterocycles. The van der Waals surface area contributed by atoms with Gasteiger partial charge in [0.15, 0.2) is 0 Å². The highest BCUT2D eigenvalue weighted by Crippen LogP contribution is 2.30. The predicted octanol–water partition coefficient (Wildman–Crippen LogP) is 2.85. The van der Waals surface area contributed by atoms with E-state index in [1.54, 1.807) is 0 Å². The van der Waals surface area contributed by atoms with Crippen LogP contribution in [-0.4, -0.2) is 41.1 Å². The number of nitrogens with two attached hydrogens (primary N) is 1. The van der Waals surface area contributed by atoms with Crippen molar-refractivity contribution in [1.82, 2.24) is 9.97 Å². The number of nitrogens with zero attached hydrogens (tertiary/aromatic N) is 2. The van der Waals surface area contributed by atoms with E-state index in [0.717, 1.165) is 12.5 Å². The molecule has 0 radical (unpaired) electrons. The van der Waals surface area contributed by atoms with E-state index in [1.165, 1.54) is 31.6 Å². The molecular formula is C19H21F3N4O4. The third-order valence-electron chi connectivity index (χ3n) is 4.12. The Balaban J connectivity index is 0.000000232. The van der Waals surface area contributed by atoms with Crippen molar-refractivity contribution >= 4 is 17.5 Å². The molecule has 11 heteroatoms. The minimum absolute atomic E-state index is 0.0845. The van der Waals surface area contributed by atoms with E-state index in [4.69, 9.17) is 10.5 Å². The number of anilines is 1. The van der Waals surface area contributed by atoms with Crippen LogP contribution in [0.15, 0.2) is 30.6 Å². The molecular weight excluding hydrogens is 405 g/mol. The number of alkyl halides is 2. The molecule has 3 N–H and O–H groups in total. The zero-order chi connectivity index (χ0) is 22.3. The molecule has 162 valence electrons. The van der Waals surface area contributed by atoms with E-state index < -0.39 is 29.8 Å². The molecule has 2 heterocycles. The Kier molecular flexibility index (Phi) is 8.10. The van der Waals surface area contributed by atoms with Gasteiger partial charge in [-0.1, -0.05) is 6.07 Å². The number of carbonyl (C=O) groups excluding carboxylic acids is 2. The summed E-state index contributed by atoms with van der Waals surface area (Å²) in [6, 6.07) is 3.59. The molecule has 1 aromatic carbocycles. The van der Waals surface area contributed by atoms with Crippen LogP contribution < -0.4 is 15.8 Å². The highest BCUT2D eigenvalue weighted by Gasteiger charge is 2.28. The second-order valence-corrected chi connectivity index (χ2v) is 6.32. The van der Waals surface area contributed by atoms with E-state index >= 15 is 0 Å². The number of primary amides is 1. The number of benzene rings is 1. The molecule has 2 amide bonds. The minimum Gasteiger partial charge on any atom is -0.496 e. The van der Waals surface area contributed by atoms with Crippen LogP contribution in [0.5, 0.6) is 5.75 Å². The lowest BCUT2D eigenvalue weighted by Crippen LogP contribution is -2.28. The first-order valence-corrected chi connectivity index (χ1v) is 8.91. The Morgan fingerprint density at radius 3 is 2.40 bits per heavy atom. The van der Waals surface area contributed by atoms with Gasteiger partial charge in [0.2, 0.25) is 5.82 Å². The number of rotatable bonds is 5. The van der Waals surface area contributed by atoms with Crippen molar-refractivity contribution in [3.8, 4) is 5.75 Å². The number of carbonyl (C=O) groups is 2. The maximum atomic E-state index is 12.7. The van der Waals surface area contributed by atoms with E-state index in [1.807, 2.05) is 6.92 Å². The van der Waals surface area contributed by atoms with Crippen LogP contribution >= 0.6 is 0 Å². The summed E-state index contributed by atoms with van der Waals surface area (Å²) in [6.07, 6.45) is 1.07. The van der Waals surface area contributed by atoms with Gasteiger partial charge in [-0.15, -0.1) is 0 Å². The number of hydrogen-bond acceptors (Lipinski definition) is 6. The van der Waals surface area contributed by atoms with E-state index in [9.17, 15) is 22.8 Å². The van der Waals surface area contributed by atoms with Gasteiger partial charge in [-0.3, -0.25) is 9.59 Å². The van der Waals surface area contributed by atoms with Crippen molar-refractivity contribution in [2.24, 2.45) is 5.73 Å². The monoisotopic (exact) mass is 426 g/mol. The largest absolute Gasteiger partial charge is 0.496 e. The van der Waals surface area contributed by atoms with Crippen molar-refractivity contribution in [3.63, 3.8) is 0 Å². The summed E-state index contributed by atoms with van der Waals surface area (Å²) in [6.45, 7) is 1.93. The number of hydrogen-bond donors (Lipinski definition) is 2. The fraction of sp³-hybridized carbons (Fsp3) is 0.368. The first-order valence-electron chi connectivity index (χ1n) is 8.91. The van der Waals surface area contributed by atoms with Crippen molar-refractivity contribution in [1.29, 1.82) is 0 Å². The molecule has 0 saturated carbocycles. The SMILES string of the molecule is CC1CCC(C(=O)Nc2cnc(C(N)=O)nc2)O1.COc1cccc(F)c1C(F)F. The smallest absolute Gasteiger partial charge is 0.286 e. The molecule has 0 spiro atoms. The second-order valence-electron chi connectivity index (χ2n) is 6.32. The molecule has 2 atom stereocenters. The molecule has 1 aliphatic rings. The zero-order valence-electron chi connectivity index (χ0n) is 16.3. The molecule has 2 unspecified atom stereocenters. The lowest BCUT2D eigenvalue weighted by molar-refractivity contribution is -0.126. The normalized spacial score (nSPS) is 17.8. The van der Waals surface area contributed by atoms with E-state index in [2.05, 4.69) is 20.0 Å². The van der Waals surface area contributed by atoms with Gasteiger partial charge in [0.05, 0.1) is 36.9 Å². The second kappa shape index (κ2) is 10.5. The Bertz CT molecular complexity index is 881. The molecule has 0 bridgehead atoms. The topological polar surface area (TPSA) is 116 Å². The van der Waals surface area contributed by atoms with Crippen LogP contribution in [0.4, 0.5) is 18.9 Å². The van der Waals surface area contributed by atoms with Crippen molar-refractivity contribution in [3.05, 3.63) is 47.8 Å². The minimum atomic E-state index is -2.85. The van der Waals surface area contributed by atoms with Gasteiger partial charge < -0.3 is 20.5 Å². The Labute approximate surface area is 170 Å². The molecule has 30 heavy (non-hydrogen) atoms. The highest BCUT2D eigenvalue weighted by atomic mass is 19.3. The molecule has 1 aliphatic heterocycles. The summed E-state index contributed by atoms with van der Waals surface area (Å²) in [4.78, 5) is 30.0. The summed E-state index contributed by atoms with van der Waals surface area (Å²) < 4.78 is 47.0. The summed E-state index contributed by atoms with van der Waals surface area (Å²) in [5, 5.41) is 2.63. The van der Waals surface area contributed by atoms with Gasteiger partial charge in [0, 0.05) is 0 Å². The molecule has 0 aliphatic carbocycles. The van der Waals surface area contributed by atoms with Gasteiger partial charge in [0.1, 0.15) is 17.7 Å². The summed E-state index contributed by atoms with van der Waals surface area (Å²) in [7, 11) is 1.22. The van der Waals surface area contributed by atoms with Crippen LogP contribution in [0.1, 0.15) is 42.4 Å². The zero-order valence-corrected chi connectivity index (χ0v) is 16.3. The van der Waals surface area contributed by atoms with Crippen molar-refractivity contribution in [2.45, 2.75) is 38.4 Å². The summed E-state index contributed by atoms with van der Waals surface area (Å²) in [5.74, 6) is -2.08. The molecule has 1 aromatic heterocycles. The number of amides is 2. The van der Waals surface area contributed by atoms with E-state index in [0.29, 0.717) is 12.1 Å². The van der Waals surface area contributed by atoms with Crippen molar-refractivity contribution in [2.75, 3.05) is 12.4 Å². The highest BCUT2D eigenvalue weighted by molar-refractivity contribution is 5.94. The number of methoxy groups -OCH3 is 1. The number of ether oxygens (including phenoxy) is 2. The Hall–Kier alpha value is -3.21. The maximum Gasteiger partial charge on any atom is 0.286 e. The standard InChI is InChI=1S/C11H14N4O3.C8H7F3O/c1-6-2-3-8(18-6)11(17)15-7-4-13-10(9(12)16)14-5-7;1-12-6-4-2-3-5(9)7(6)8(10)11/h4-6,8H,2-3H2,1H3,(H2,12,16)(H,15,17);2-4,8H,1H3. The first kappa shape index (κ1) is 23.1. The van der Waals surface area contributed by atoms with Gasteiger partial charge in [-0.25, -0.2) is 23.1 Å². The molecule has 3 rings (SSSR count). The van der Waals surface area contributed by atoms with Gasteiger partial charge in [-0.05, 0) is 31.9 Å². The van der Waals surface area contributed by atoms with Crippen LogP contribution in [0.3, 0.4) is 0 Å². The first-order chi connectivity index (χ1) is 14.2. The van der Waals surface area contributed by atoms with Crippen molar-refractivity contribution < 1.29 is 32.2 Å². The van der Waals surface area contributed by atoms with Crippen LogP contribution in [0.2, 0.25) is 0 Å². The fourth-order valence-electron chi connectivity index (χ4n) is 2.65. The van der Waals surface area contributed by atoms with Crippen LogP contribution in [0, 0.1) is 5.82 Å². The van der Waals surface area contributed by atoms with Gasteiger partial charge in [-0.2, -0.15) is 0 Å². The number of nitrogens with one attached hydrogen (secondary N) is 1. The maximum absolute atomic E-state index is 12.7. The third-order valence-corrected chi connectivity index (χ3v) is 4.12. The average molecular weight is 426 g/mol. The third kappa shape index (κ3) is 6.14. The van der Waals surface area contributed by atoms with Crippen LogP contribution in [0.25, 0.3) is 0 Å². The lowest BCUT2D eigenvalue weighted by Gasteiger charge is -2.11. The summed E-state index contributed by atoms with van der Waals surface area (Å²) >= 11 is 0. The molecule has 2 aromatic rings. The fourth-order valence-corrected chi connectivity index (χ4v) is 2.65. The quantitative estimate of drug-likeness (QED) is 0.760. The molecule has 1 fully saturated rings.